The highest BCUT2D eigenvalue weighted by atomic mass is 35.5. The molecular weight excluding hydrogens is 346 g/mol. The van der Waals surface area contributed by atoms with Crippen molar-refractivity contribution in [1.82, 2.24) is 14.9 Å². The molecular formula is C21H20ClN3O. The molecule has 0 aliphatic carbocycles. The second-order valence-electron chi connectivity index (χ2n) is 6.90. The molecule has 2 aliphatic heterocycles. The lowest BCUT2D eigenvalue weighted by Crippen LogP contribution is -2.36. The van der Waals surface area contributed by atoms with Crippen molar-refractivity contribution in [2.24, 2.45) is 0 Å². The first-order chi connectivity index (χ1) is 12.8. The fraction of sp³-hybridized carbons (Fsp3) is 0.286. The normalized spacial score (nSPS) is 19.5. The van der Waals surface area contributed by atoms with Crippen LogP contribution in [0.1, 0.15) is 29.4 Å². The van der Waals surface area contributed by atoms with Gasteiger partial charge >= 0.3 is 0 Å². The molecule has 5 heteroatoms. The lowest BCUT2D eigenvalue weighted by Gasteiger charge is -2.37. The Bertz CT molecular complexity index is 952. The van der Waals surface area contributed by atoms with Crippen LogP contribution in [0.3, 0.4) is 0 Å². The van der Waals surface area contributed by atoms with Crippen molar-refractivity contribution in [3.05, 3.63) is 70.5 Å². The van der Waals surface area contributed by atoms with Gasteiger partial charge in [0.25, 0.3) is 0 Å². The van der Waals surface area contributed by atoms with Gasteiger partial charge in [0.05, 0.1) is 23.0 Å². The summed E-state index contributed by atoms with van der Waals surface area (Å²) in [4.78, 5) is 10.9. The molecule has 0 spiro atoms. The van der Waals surface area contributed by atoms with Gasteiger partial charge in [-0.3, -0.25) is 4.90 Å². The third kappa shape index (κ3) is 2.70. The van der Waals surface area contributed by atoms with Gasteiger partial charge in [-0.05, 0) is 18.2 Å². The number of hydrogen-bond acceptors (Lipinski definition) is 3. The molecule has 4 nitrogen and oxygen atoms in total. The number of nitrogens with zero attached hydrogens (tertiary/aromatic N) is 2. The molecule has 1 aromatic heterocycles. The SMILES string of the molecule is Clc1ccccc1-c1nc2c([nH]1)CN(C1CCOc3ccccc31)CC2. The number of ether oxygens (including phenoxy) is 1. The predicted molar refractivity (Wildman–Crippen MR) is 102 cm³/mol. The molecule has 3 heterocycles. The second-order valence-corrected chi connectivity index (χ2v) is 7.31. The summed E-state index contributed by atoms with van der Waals surface area (Å²) >= 11 is 6.34. The minimum atomic E-state index is 0.403. The molecule has 0 fully saturated rings. The first-order valence-electron chi connectivity index (χ1n) is 9.08. The molecule has 1 unspecified atom stereocenters. The van der Waals surface area contributed by atoms with E-state index in [-0.39, 0.29) is 0 Å². The summed E-state index contributed by atoms with van der Waals surface area (Å²) in [5.74, 6) is 1.89. The molecule has 2 aliphatic rings. The second kappa shape index (κ2) is 6.45. The quantitative estimate of drug-likeness (QED) is 0.720. The third-order valence-electron chi connectivity index (χ3n) is 5.36. The lowest BCUT2D eigenvalue weighted by molar-refractivity contribution is 0.126. The van der Waals surface area contributed by atoms with E-state index >= 15 is 0 Å². The van der Waals surface area contributed by atoms with Crippen LogP contribution in [0.5, 0.6) is 5.75 Å². The van der Waals surface area contributed by atoms with Gasteiger partial charge < -0.3 is 9.72 Å². The van der Waals surface area contributed by atoms with Crippen molar-refractivity contribution in [2.45, 2.75) is 25.4 Å². The average molecular weight is 366 g/mol. The highest BCUT2D eigenvalue weighted by molar-refractivity contribution is 6.33. The summed E-state index contributed by atoms with van der Waals surface area (Å²) in [5.41, 5.74) is 4.63. The van der Waals surface area contributed by atoms with Gasteiger partial charge in [0.15, 0.2) is 0 Å². The monoisotopic (exact) mass is 365 g/mol. The molecule has 0 amide bonds. The smallest absolute Gasteiger partial charge is 0.139 e. The van der Waals surface area contributed by atoms with Crippen LogP contribution in [-0.2, 0) is 13.0 Å². The number of halogens is 1. The predicted octanol–water partition coefficient (Wildman–Crippen LogP) is 4.61. The summed E-state index contributed by atoms with van der Waals surface area (Å²) in [7, 11) is 0. The van der Waals surface area contributed by atoms with E-state index in [1.807, 2.05) is 30.3 Å². The topological polar surface area (TPSA) is 41.2 Å². The fourth-order valence-corrected chi connectivity index (χ4v) is 4.29. The highest BCUT2D eigenvalue weighted by Crippen LogP contribution is 2.38. The number of fused-ring (bicyclic) bond motifs is 2. The number of imidazole rings is 1. The van der Waals surface area contributed by atoms with Crippen LogP contribution in [0.4, 0.5) is 0 Å². The van der Waals surface area contributed by atoms with E-state index in [0.29, 0.717) is 6.04 Å². The van der Waals surface area contributed by atoms with E-state index < -0.39 is 0 Å². The zero-order chi connectivity index (χ0) is 17.5. The fourth-order valence-electron chi connectivity index (χ4n) is 4.06. The minimum Gasteiger partial charge on any atom is -0.493 e. The van der Waals surface area contributed by atoms with Crippen LogP contribution in [0.2, 0.25) is 5.02 Å². The Hall–Kier alpha value is -2.30. The number of aromatic amines is 1. The van der Waals surface area contributed by atoms with Gasteiger partial charge in [-0.15, -0.1) is 0 Å². The van der Waals surface area contributed by atoms with Crippen molar-refractivity contribution in [3.63, 3.8) is 0 Å². The van der Waals surface area contributed by atoms with E-state index in [2.05, 4.69) is 28.1 Å². The third-order valence-corrected chi connectivity index (χ3v) is 5.69. The maximum absolute atomic E-state index is 6.34. The summed E-state index contributed by atoms with van der Waals surface area (Å²) in [5, 5.41) is 0.730. The molecule has 1 N–H and O–H groups in total. The molecule has 0 saturated heterocycles. The first kappa shape index (κ1) is 15.9. The lowest BCUT2D eigenvalue weighted by atomic mass is 9.97. The number of benzene rings is 2. The molecule has 0 saturated carbocycles. The Labute approximate surface area is 157 Å². The van der Waals surface area contributed by atoms with E-state index in [1.165, 1.54) is 11.3 Å². The number of hydrogen-bond donors (Lipinski definition) is 1. The van der Waals surface area contributed by atoms with Gasteiger partial charge in [-0.1, -0.05) is 41.9 Å². The molecule has 3 aromatic rings. The van der Waals surface area contributed by atoms with Crippen LogP contribution in [0.25, 0.3) is 11.4 Å². The van der Waals surface area contributed by atoms with E-state index in [9.17, 15) is 0 Å². The average Bonchev–Trinajstić information content (AvgIpc) is 3.11. The highest BCUT2D eigenvalue weighted by Gasteiger charge is 2.30. The minimum absolute atomic E-state index is 0.403. The van der Waals surface area contributed by atoms with Crippen LogP contribution in [0.15, 0.2) is 48.5 Å². The summed E-state index contributed by atoms with van der Waals surface area (Å²) in [6.45, 7) is 2.67. The molecule has 0 radical (unpaired) electrons. The van der Waals surface area contributed by atoms with E-state index in [1.54, 1.807) is 0 Å². The van der Waals surface area contributed by atoms with Crippen molar-refractivity contribution in [3.8, 4) is 17.1 Å². The Kier molecular flexibility index (Phi) is 3.95. The first-order valence-corrected chi connectivity index (χ1v) is 9.46. The maximum Gasteiger partial charge on any atom is 0.139 e. The van der Waals surface area contributed by atoms with Gasteiger partial charge in [0.1, 0.15) is 11.6 Å². The van der Waals surface area contributed by atoms with E-state index in [4.69, 9.17) is 21.3 Å². The van der Waals surface area contributed by atoms with Crippen molar-refractivity contribution in [2.75, 3.05) is 13.2 Å². The Balaban J connectivity index is 1.44. The Morgan fingerprint density at radius 3 is 2.88 bits per heavy atom. The van der Waals surface area contributed by atoms with Crippen LogP contribution in [0, 0.1) is 0 Å². The Morgan fingerprint density at radius 2 is 1.96 bits per heavy atom. The largest absolute Gasteiger partial charge is 0.493 e. The van der Waals surface area contributed by atoms with Crippen molar-refractivity contribution >= 4 is 11.6 Å². The molecule has 132 valence electrons. The van der Waals surface area contributed by atoms with Crippen molar-refractivity contribution in [1.29, 1.82) is 0 Å². The number of H-pyrrole nitrogens is 1. The Morgan fingerprint density at radius 1 is 1.12 bits per heavy atom. The van der Waals surface area contributed by atoms with E-state index in [0.717, 1.165) is 60.4 Å². The number of aromatic nitrogens is 2. The molecule has 26 heavy (non-hydrogen) atoms. The zero-order valence-electron chi connectivity index (χ0n) is 14.4. The van der Waals surface area contributed by atoms with Crippen LogP contribution >= 0.6 is 11.6 Å². The maximum atomic E-state index is 6.34. The molecule has 5 rings (SSSR count). The zero-order valence-corrected chi connectivity index (χ0v) is 15.2. The van der Waals surface area contributed by atoms with Gasteiger partial charge in [0.2, 0.25) is 0 Å². The molecule has 2 aromatic carbocycles. The summed E-state index contributed by atoms with van der Waals surface area (Å²) in [6.07, 6.45) is 1.98. The van der Waals surface area contributed by atoms with Crippen molar-refractivity contribution < 1.29 is 4.74 Å². The number of rotatable bonds is 2. The van der Waals surface area contributed by atoms with Gasteiger partial charge in [-0.2, -0.15) is 0 Å². The van der Waals surface area contributed by atoms with Gasteiger partial charge in [0, 0.05) is 43.1 Å². The summed E-state index contributed by atoms with van der Waals surface area (Å²) in [6, 6.07) is 16.7. The molecule has 0 bridgehead atoms. The standard InChI is InChI=1S/C21H20ClN3O/c22-16-7-3-1-5-14(16)21-23-17-9-11-25(13-18(17)24-21)19-10-12-26-20-8-4-2-6-15(19)20/h1-8,19H,9-13H2,(H,23,24). The van der Waals surface area contributed by atoms with Gasteiger partial charge in [-0.25, -0.2) is 4.98 Å². The molecule has 1 atom stereocenters. The van der Waals surface area contributed by atoms with Crippen LogP contribution < -0.4 is 4.74 Å². The number of nitrogens with one attached hydrogen (secondary N) is 1. The van der Waals surface area contributed by atoms with Crippen LogP contribution in [-0.4, -0.2) is 28.0 Å². The number of para-hydroxylation sites is 1. The summed E-state index contributed by atoms with van der Waals surface area (Å²) < 4.78 is 5.83.